The van der Waals surface area contributed by atoms with E-state index >= 15 is 0 Å². The first-order chi connectivity index (χ1) is 48.2. The normalized spacial score (nSPS) is 16.1. The van der Waals surface area contributed by atoms with Crippen LogP contribution in [0.5, 0.6) is 0 Å². The van der Waals surface area contributed by atoms with E-state index in [0.29, 0.717) is 59.9 Å². The summed E-state index contributed by atoms with van der Waals surface area (Å²) in [6, 6.07) is 40.3. The van der Waals surface area contributed by atoms with Crippen LogP contribution in [0.15, 0.2) is 148 Å². The molecule has 6 aromatic carbocycles. The molecule has 22 heteroatoms. The van der Waals surface area contributed by atoms with Crippen molar-refractivity contribution in [2.45, 2.75) is 207 Å². The van der Waals surface area contributed by atoms with Crippen LogP contribution in [0.4, 0.5) is 0 Å². The largest absolute Gasteiger partial charge is 0.488 e. The maximum Gasteiger partial charge on any atom is 0.488 e. The second-order valence-corrected chi connectivity index (χ2v) is 32.2. The molecule has 4 aliphatic rings. The highest BCUT2D eigenvalue weighted by Gasteiger charge is 2.52. The average molecular weight is 1530 g/mol. The van der Waals surface area contributed by atoms with Crippen molar-refractivity contribution in [3.63, 3.8) is 0 Å². The number of hydrogen-bond acceptors (Lipinski definition) is 12. The van der Waals surface area contributed by atoms with Gasteiger partial charge in [-0.15, -0.1) is 0 Å². The van der Waals surface area contributed by atoms with Gasteiger partial charge >= 0.3 is 19.1 Å². The summed E-state index contributed by atoms with van der Waals surface area (Å²) < 4.78 is 11.6. The van der Waals surface area contributed by atoms with Crippen molar-refractivity contribution in [3.05, 3.63) is 191 Å². The smallest absolute Gasteiger partial charge is 0.460 e. The molecule has 4 N–H and O–H groups in total. The van der Waals surface area contributed by atoms with E-state index in [1.165, 1.54) is 18.2 Å². The summed E-state index contributed by atoms with van der Waals surface area (Å²) in [4.78, 5) is 93.5. The summed E-state index contributed by atoms with van der Waals surface area (Å²) in [6.07, 6.45) is 13.4. The lowest BCUT2D eigenvalue weighted by molar-refractivity contribution is -0.155. The van der Waals surface area contributed by atoms with E-state index < -0.39 is 29.6 Å². The molecular weight excluding hydrogens is 1440 g/mol. The van der Waals surface area contributed by atoms with Crippen LogP contribution in [0, 0.1) is 11.8 Å². The fraction of sp³-hybridized carbons (Fsp3) is 0.450. The van der Waals surface area contributed by atoms with E-state index in [1.54, 1.807) is 18.2 Å². The fourth-order valence-electron chi connectivity index (χ4n) is 13.5. The second-order valence-electron chi connectivity index (χ2n) is 29.6. The van der Waals surface area contributed by atoms with Gasteiger partial charge in [0.05, 0.1) is 24.9 Å². The standard InChI is InChI=1S/C40H47Cl2N3O4.C34H44BrN3O4.C6H5BCl2O2/c1-26(2)12-17-34(27-13-15-28(16-14-27)37(47)43-21-18-35(46)49-39(3,4)5)45-38(48)36(44-40(45)19-7-6-8-20-40)30-11-9-10-29(22-30)31-23-32(41)25-33(42)24-31;1-23(2)12-17-28(24-13-15-25(16-14-24)31(40)36-21-18-29(39)42-33(3,4)5)38-32(41)30(26-10-9-11-27(35)22-26)37-34(38)19-7-6-8-20-34;8-5-1-4(7(10)11)2-6(9)3-5/h9-11,13-16,22-26,34H,6-8,12,17-21H2,1-5H3,(H,43,47);9-11,13-16,22-23,28H,6-8,12,17-21H2,1-5H3,(H,36,40);1-3,10-11H/t34-;28-;/m11./s1. The zero-order valence-electron chi connectivity index (χ0n) is 60.2. The van der Waals surface area contributed by atoms with Crippen molar-refractivity contribution in [2.24, 2.45) is 21.8 Å². The molecule has 2 heterocycles. The molecule has 2 atom stereocenters. The molecule has 2 spiro atoms. The highest BCUT2D eigenvalue weighted by molar-refractivity contribution is 9.10. The van der Waals surface area contributed by atoms with Gasteiger partial charge in [0.1, 0.15) is 34.0 Å². The van der Waals surface area contributed by atoms with Crippen molar-refractivity contribution in [2.75, 3.05) is 13.1 Å². The van der Waals surface area contributed by atoms with E-state index in [1.807, 2.05) is 139 Å². The number of halogens is 5. The van der Waals surface area contributed by atoms with Crippen molar-refractivity contribution in [3.8, 4) is 11.1 Å². The number of aliphatic imine (C=N–C) groups is 2. The molecule has 102 heavy (non-hydrogen) atoms. The SMILES string of the molecule is CC(C)CC[C@H](c1ccc(C(=O)NCCC(=O)OC(C)(C)C)cc1)N1C(=O)C(c2cccc(-c3cc(Cl)cc(Cl)c3)c2)=NC12CCCCC2.CC(C)CC[C@H](c1ccc(C(=O)NCCC(=O)OC(C)(C)C)cc1)N1C(=O)C(c2cccc(Br)c2)=NC12CCCCC2.OB(O)c1cc(Cl)cc(Cl)c1. The zero-order chi connectivity index (χ0) is 74.3. The third-order valence-electron chi connectivity index (χ3n) is 18.1. The van der Waals surface area contributed by atoms with Crippen LogP contribution in [-0.2, 0) is 28.7 Å². The zero-order valence-corrected chi connectivity index (χ0v) is 64.8. The molecule has 544 valence electrons. The summed E-state index contributed by atoms with van der Waals surface area (Å²) in [6.45, 7) is 20.1. The summed E-state index contributed by atoms with van der Waals surface area (Å²) in [5, 5.41) is 24.9. The number of esters is 2. The summed E-state index contributed by atoms with van der Waals surface area (Å²) in [5.41, 5.74) is 5.38. The van der Waals surface area contributed by atoms with Crippen LogP contribution >= 0.6 is 62.3 Å². The molecule has 0 saturated heterocycles. The Morgan fingerprint density at radius 3 is 1.25 bits per heavy atom. The van der Waals surface area contributed by atoms with Gasteiger partial charge in [0, 0.05) is 59.9 Å². The molecule has 0 radical (unpaired) electrons. The average Bonchev–Trinajstić information content (AvgIpc) is 1.59. The highest BCUT2D eigenvalue weighted by Crippen LogP contribution is 2.48. The Bertz CT molecular complexity index is 3950. The number of amides is 4. The highest BCUT2D eigenvalue weighted by atomic mass is 79.9. The van der Waals surface area contributed by atoms with Gasteiger partial charge in [0.25, 0.3) is 23.6 Å². The Morgan fingerprint density at radius 2 is 0.882 bits per heavy atom. The first-order valence-electron chi connectivity index (χ1n) is 35.4. The molecule has 2 aliphatic carbocycles. The van der Waals surface area contributed by atoms with E-state index in [-0.39, 0.29) is 73.6 Å². The van der Waals surface area contributed by atoms with E-state index in [4.69, 9.17) is 75.9 Å². The van der Waals surface area contributed by atoms with Crippen molar-refractivity contribution in [1.82, 2.24) is 20.4 Å². The molecule has 10 rings (SSSR count). The quantitative estimate of drug-likeness (QED) is 0.0372. The molecule has 4 amide bonds. The van der Waals surface area contributed by atoms with Crippen molar-refractivity contribution in [1.29, 1.82) is 0 Å². The van der Waals surface area contributed by atoms with Crippen LogP contribution in [0.1, 0.15) is 227 Å². The van der Waals surface area contributed by atoms with Crippen LogP contribution in [0.2, 0.25) is 20.1 Å². The van der Waals surface area contributed by atoms with Gasteiger partial charge in [-0.05, 0) is 237 Å². The number of hydrogen-bond donors (Lipinski definition) is 4. The van der Waals surface area contributed by atoms with Gasteiger partial charge in [-0.2, -0.15) is 0 Å². The van der Waals surface area contributed by atoms with Gasteiger partial charge in [-0.1, -0.05) is 157 Å². The monoisotopic (exact) mass is 1530 g/mol. The molecule has 2 saturated carbocycles. The topological polar surface area (TPSA) is 217 Å². The Labute approximate surface area is 630 Å². The third-order valence-corrected chi connectivity index (χ3v) is 19.5. The molecule has 2 aliphatic heterocycles. The summed E-state index contributed by atoms with van der Waals surface area (Å²) in [7, 11) is -1.52. The lowest BCUT2D eigenvalue weighted by Gasteiger charge is -2.44. The number of carbonyl (C=O) groups is 6. The number of ether oxygens (including phenoxy) is 2. The number of carbonyl (C=O) groups excluding carboxylic acids is 6. The number of rotatable bonds is 22. The number of benzene rings is 6. The minimum absolute atomic E-state index is 0.0206. The molecule has 0 unspecified atom stereocenters. The first-order valence-corrected chi connectivity index (χ1v) is 37.7. The van der Waals surface area contributed by atoms with Gasteiger partial charge in [0.15, 0.2) is 0 Å². The van der Waals surface area contributed by atoms with Gasteiger partial charge in [0.2, 0.25) is 0 Å². The predicted octanol–water partition coefficient (Wildman–Crippen LogP) is 17.6. The molecule has 16 nitrogen and oxygen atoms in total. The fourth-order valence-corrected chi connectivity index (χ4v) is 14.9. The molecule has 2 fully saturated rings. The number of nitrogens with zero attached hydrogens (tertiary/aromatic N) is 4. The van der Waals surface area contributed by atoms with Crippen molar-refractivity contribution >= 4 is 122 Å². The third kappa shape index (κ3) is 22.6. The molecule has 0 aromatic heterocycles. The number of nitrogens with one attached hydrogen (secondary N) is 2. The van der Waals surface area contributed by atoms with Crippen molar-refractivity contribution < 1.29 is 48.3 Å². The molecule has 6 aromatic rings. The Kier molecular flexibility index (Phi) is 28.7. The van der Waals surface area contributed by atoms with E-state index in [9.17, 15) is 28.8 Å². The lowest BCUT2D eigenvalue weighted by atomic mass is 9.80. The van der Waals surface area contributed by atoms with E-state index in [0.717, 1.165) is 128 Å². The van der Waals surface area contributed by atoms with E-state index in [2.05, 4.69) is 64.1 Å². The van der Waals surface area contributed by atoms with Crippen LogP contribution in [0.3, 0.4) is 0 Å². The summed E-state index contributed by atoms with van der Waals surface area (Å²) >= 11 is 27.4. The first kappa shape index (κ1) is 80.8. The minimum Gasteiger partial charge on any atom is -0.460 e. The van der Waals surface area contributed by atoms with Crippen LogP contribution < -0.4 is 16.1 Å². The Morgan fingerprint density at radius 1 is 0.510 bits per heavy atom. The Hall–Kier alpha value is -6.90. The maximum absolute atomic E-state index is 14.7. The van der Waals surface area contributed by atoms with Gasteiger partial charge in [-0.3, -0.25) is 38.8 Å². The molecule has 0 bridgehead atoms. The minimum atomic E-state index is -1.52. The second kappa shape index (κ2) is 36.2. The van der Waals surface area contributed by atoms with Gasteiger partial charge in [-0.25, -0.2) is 0 Å². The van der Waals surface area contributed by atoms with Crippen LogP contribution in [-0.4, -0.2) is 110 Å². The predicted molar refractivity (Wildman–Crippen MR) is 413 cm³/mol. The van der Waals surface area contributed by atoms with Crippen LogP contribution in [0.25, 0.3) is 11.1 Å². The summed E-state index contributed by atoms with van der Waals surface area (Å²) in [5.74, 6) is -0.375. The Balaban J connectivity index is 0.000000227. The lowest BCUT2D eigenvalue weighted by Crippen LogP contribution is -2.50. The molecular formula is C80H96BBrCl4N6O10. The maximum atomic E-state index is 14.7. The van der Waals surface area contributed by atoms with Gasteiger partial charge < -0.3 is 40.0 Å².